The molecule has 25 heavy (non-hydrogen) atoms. The number of alkyl halides is 1. The average molecular weight is 351 g/mol. The van der Waals surface area contributed by atoms with E-state index in [9.17, 15) is 13.6 Å². The number of hydrogen-bond acceptors (Lipinski definition) is 2. The fourth-order valence-corrected chi connectivity index (χ4v) is 4.49. The van der Waals surface area contributed by atoms with Crippen molar-refractivity contribution in [2.24, 2.45) is 11.3 Å². The molecule has 1 N–H and O–H groups in total. The summed E-state index contributed by atoms with van der Waals surface area (Å²) in [5.74, 6) is -0.760. The van der Waals surface area contributed by atoms with E-state index < -0.39 is 12.1 Å². The number of halogens is 2. The van der Waals surface area contributed by atoms with Crippen LogP contribution in [-0.2, 0) is 4.79 Å². The number of carboxylic acids is 1. The van der Waals surface area contributed by atoms with Crippen LogP contribution >= 0.6 is 0 Å². The molecule has 1 aromatic carbocycles. The first-order valence-electron chi connectivity index (χ1n) is 9.28. The van der Waals surface area contributed by atoms with Crippen LogP contribution in [0.3, 0.4) is 0 Å². The van der Waals surface area contributed by atoms with E-state index in [0.717, 1.165) is 57.3 Å². The number of piperidine rings is 1. The standard InChI is InChI=1S/C20H27F2NO2/c1-14(21)16-11-17(22)13-18(12-16)23-8-6-20(7-9-23)4-2-15(3-5-20)10-19(24)25/h11-15H,2-10H2,1H3,(H,24,25). The van der Waals surface area contributed by atoms with Crippen LogP contribution in [0.25, 0.3) is 0 Å². The second kappa shape index (κ2) is 7.30. The third-order valence-corrected chi connectivity index (χ3v) is 6.18. The number of nitrogens with zero attached hydrogens (tertiary/aromatic N) is 1. The maximum atomic E-state index is 13.8. The highest BCUT2D eigenvalue weighted by Gasteiger charge is 2.38. The van der Waals surface area contributed by atoms with E-state index in [-0.39, 0.29) is 12.2 Å². The van der Waals surface area contributed by atoms with E-state index in [1.165, 1.54) is 19.1 Å². The molecule has 1 heterocycles. The molecule has 5 heteroatoms. The largest absolute Gasteiger partial charge is 0.481 e. The number of aliphatic carboxylic acids is 1. The number of benzene rings is 1. The van der Waals surface area contributed by atoms with Crippen LogP contribution in [0.4, 0.5) is 14.5 Å². The number of carboxylic acid groups (broad SMARTS) is 1. The van der Waals surface area contributed by atoms with Crippen molar-refractivity contribution in [3.05, 3.63) is 29.6 Å². The van der Waals surface area contributed by atoms with Crippen molar-refractivity contribution in [1.82, 2.24) is 0 Å². The van der Waals surface area contributed by atoms with Gasteiger partial charge in [-0.1, -0.05) is 0 Å². The number of rotatable bonds is 4. The smallest absolute Gasteiger partial charge is 0.303 e. The number of carbonyl (C=O) groups is 1. The SMILES string of the molecule is CC(F)c1cc(F)cc(N2CCC3(CCC(CC(=O)O)CC3)CC2)c1. The first kappa shape index (κ1) is 18.2. The van der Waals surface area contributed by atoms with E-state index in [0.29, 0.717) is 16.9 Å². The minimum atomic E-state index is -1.17. The van der Waals surface area contributed by atoms with Crippen molar-refractivity contribution in [3.8, 4) is 0 Å². The Morgan fingerprint density at radius 1 is 1.24 bits per heavy atom. The molecule has 1 saturated heterocycles. The highest BCUT2D eigenvalue weighted by Crippen LogP contribution is 2.47. The van der Waals surface area contributed by atoms with Crippen LogP contribution < -0.4 is 4.90 Å². The molecule has 1 atom stereocenters. The molecule has 0 bridgehead atoms. The minimum Gasteiger partial charge on any atom is -0.481 e. The average Bonchev–Trinajstić information content (AvgIpc) is 2.57. The van der Waals surface area contributed by atoms with Crippen molar-refractivity contribution in [2.45, 2.75) is 58.0 Å². The molecule has 0 radical (unpaired) electrons. The Morgan fingerprint density at radius 2 is 1.88 bits per heavy atom. The molecular weight excluding hydrogens is 324 g/mol. The van der Waals surface area contributed by atoms with Crippen LogP contribution in [0, 0.1) is 17.2 Å². The predicted molar refractivity (Wildman–Crippen MR) is 94.0 cm³/mol. The van der Waals surface area contributed by atoms with Crippen molar-refractivity contribution in [1.29, 1.82) is 0 Å². The summed E-state index contributed by atoms with van der Waals surface area (Å²) in [6, 6.07) is 4.52. The van der Waals surface area contributed by atoms with Gasteiger partial charge in [0.05, 0.1) is 0 Å². The normalized spacial score (nSPS) is 22.1. The quantitative estimate of drug-likeness (QED) is 0.820. The van der Waals surface area contributed by atoms with Gasteiger partial charge in [-0.05, 0) is 80.5 Å². The van der Waals surface area contributed by atoms with Gasteiger partial charge in [-0.3, -0.25) is 4.79 Å². The van der Waals surface area contributed by atoms with Crippen molar-refractivity contribution in [2.75, 3.05) is 18.0 Å². The zero-order chi connectivity index (χ0) is 18.0. The fourth-order valence-electron chi connectivity index (χ4n) is 4.49. The molecule has 0 aromatic heterocycles. The molecule has 1 unspecified atom stereocenters. The van der Waals surface area contributed by atoms with Crippen LogP contribution in [-0.4, -0.2) is 24.2 Å². The molecule has 1 spiro atoms. The van der Waals surface area contributed by atoms with Crippen LogP contribution in [0.15, 0.2) is 18.2 Å². The summed E-state index contributed by atoms with van der Waals surface area (Å²) in [7, 11) is 0. The van der Waals surface area contributed by atoms with E-state index >= 15 is 0 Å². The summed E-state index contributed by atoms with van der Waals surface area (Å²) in [5.41, 5.74) is 1.48. The van der Waals surface area contributed by atoms with Crippen LogP contribution in [0.2, 0.25) is 0 Å². The van der Waals surface area contributed by atoms with E-state index in [1.807, 2.05) is 0 Å². The summed E-state index contributed by atoms with van der Waals surface area (Å²) >= 11 is 0. The van der Waals surface area contributed by atoms with Gasteiger partial charge in [0.1, 0.15) is 12.0 Å². The topological polar surface area (TPSA) is 40.5 Å². The minimum absolute atomic E-state index is 0.287. The molecule has 1 saturated carbocycles. The second-order valence-electron chi connectivity index (χ2n) is 7.89. The summed E-state index contributed by atoms with van der Waals surface area (Å²) in [6.45, 7) is 3.14. The predicted octanol–water partition coefficient (Wildman–Crippen LogP) is 5.11. The Kier molecular flexibility index (Phi) is 5.30. The van der Waals surface area contributed by atoms with Gasteiger partial charge in [0.15, 0.2) is 0 Å². The van der Waals surface area contributed by atoms with E-state index in [1.54, 1.807) is 6.07 Å². The van der Waals surface area contributed by atoms with E-state index in [2.05, 4.69) is 4.90 Å². The van der Waals surface area contributed by atoms with E-state index in [4.69, 9.17) is 5.11 Å². The molecule has 138 valence electrons. The monoisotopic (exact) mass is 351 g/mol. The number of anilines is 1. The molecule has 1 aliphatic carbocycles. The highest BCUT2D eigenvalue weighted by atomic mass is 19.1. The third-order valence-electron chi connectivity index (χ3n) is 6.18. The molecule has 2 fully saturated rings. The van der Waals surface area contributed by atoms with Gasteiger partial charge in [-0.2, -0.15) is 0 Å². The summed E-state index contributed by atoms with van der Waals surface area (Å²) < 4.78 is 27.3. The van der Waals surface area contributed by atoms with Gasteiger partial charge >= 0.3 is 5.97 Å². The first-order valence-corrected chi connectivity index (χ1v) is 9.28. The van der Waals surface area contributed by atoms with Gasteiger partial charge in [-0.15, -0.1) is 0 Å². The van der Waals surface area contributed by atoms with Crippen LogP contribution in [0.5, 0.6) is 0 Å². The molecular formula is C20H27F2NO2. The lowest BCUT2D eigenvalue weighted by molar-refractivity contribution is -0.138. The highest BCUT2D eigenvalue weighted by molar-refractivity contribution is 5.67. The first-order chi connectivity index (χ1) is 11.9. The third kappa shape index (κ3) is 4.31. The van der Waals surface area contributed by atoms with Gasteiger partial charge in [0.25, 0.3) is 0 Å². The summed E-state index contributed by atoms with van der Waals surface area (Å²) in [4.78, 5) is 13.0. The van der Waals surface area contributed by atoms with Crippen molar-refractivity contribution >= 4 is 11.7 Å². The maximum Gasteiger partial charge on any atom is 0.303 e. The molecule has 1 aliphatic heterocycles. The Morgan fingerprint density at radius 3 is 2.44 bits per heavy atom. The summed E-state index contributed by atoms with van der Waals surface area (Å²) in [5, 5.41) is 8.95. The van der Waals surface area contributed by atoms with Crippen molar-refractivity contribution in [3.63, 3.8) is 0 Å². The Bertz CT molecular complexity index is 614. The molecule has 2 aliphatic rings. The van der Waals surface area contributed by atoms with Gasteiger partial charge in [0.2, 0.25) is 0 Å². The summed E-state index contributed by atoms with van der Waals surface area (Å²) in [6.07, 6.45) is 5.38. The molecule has 0 amide bonds. The lowest BCUT2D eigenvalue weighted by Gasteiger charge is -2.46. The maximum absolute atomic E-state index is 13.8. The van der Waals surface area contributed by atoms with Crippen LogP contribution in [0.1, 0.15) is 63.6 Å². The molecule has 1 aromatic rings. The zero-order valence-electron chi connectivity index (χ0n) is 14.8. The zero-order valence-corrected chi connectivity index (χ0v) is 14.8. The Balaban J connectivity index is 1.60. The lowest BCUT2D eigenvalue weighted by Crippen LogP contribution is -2.42. The fraction of sp³-hybridized carbons (Fsp3) is 0.650. The molecule has 3 rings (SSSR count). The Labute approximate surface area is 148 Å². The molecule has 3 nitrogen and oxygen atoms in total. The Hall–Kier alpha value is -1.65. The second-order valence-corrected chi connectivity index (χ2v) is 7.89. The van der Waals surface area contributed by atoms with Gasteiger partial charge < -0.3 is 10.0 Å². The van der Waals surface area contributed by atoms with Gasteiger partial charge in [0, 0.05) is 25.2 Å². The lowest BCUT2D eigenvalue weighted by atomic mass is 9.65. The number of hydrogen-bond donors (Lipinski definition) is 1. The van der Waals surface area contributed by atoms with Crippen molar-refractivity contribution < 1.29 is 18.7 Å². The van der Waals surface area contributed by atoms with Gasteiger partial charge in [-0.25, -0.2) is 8.78 Å².